The van der Waals surface area contributed by atoms with Crippen molar-refractivity contribution in [3.8, 4) is 5.75 Å². The minimum atomic E-state index is -0.670. The Balaban J connectivity index is 1.70. The van der Waals surface area contributed by atoms with Gasteiger partial charge < -0.3 is 14.4 Å². The summed E-state index contributed by atoms with van der Waals surface area (Å²) in [7, 11) is 1.26. The maximum Gasteiger partial charge on any atom is 0.340 e. The number of nitrogens with zero attached hydrogens (tertiary/aromatic N) is 1. The number of hydrogen-bond donors (Lipinski definition) is 0. The largest absolute Gasteiger partial charge is 0.486 e. The third-order valence-electron chi connectivity index (χ3n) is 7.43. The summed E-state index contributed by atoms with van der Waals surface area (Å²) >= 11 is 0. The van der Waals surface area contributed by atoms with Crippen molar-refractivity contribution >= 4 is 23.3 Å². The molecule has 4 rings (SSSR count). The summed E-state index contributed by atoms with van der Waals surface area (Å²) in [4.78, 5) is 40.3. The Hall–Kier alpha value is -3.22. The second-order valence-electron chi connectivity index (χ2n) is 10.0. The van der Waals surface area contributed by atoms with Gasteiger partial charge in [0.05, 0.1) is 18.4 Å². The molecule has 192 valence electrons. The Morgan fingerprint density at radius 1 is 1.00 bits per heavy atom. The number of esters is 1. The second kappa shape index (κ2) is 11.7. The predicted octanol–water partition coefficient (Wildman–Crippen LogP) is 5.86. The maximum atomic E-state index is 15.4. The lowest BCUT2D eigenvalue weighted by Crippen LogP contribution is -2.47. The molecule has 0 aliphatic heterocycles. The molecule has 6 nitrogen and oxygen atoms in total. The highest BCUT2D eigenvalue weighted by atomic mass is 19.1. The van der Waals surface area contributed by atoms with Gasteiger partial charge in [0.25, 0.3) is 0 Å². The molecule has 0 radical (unpaired) electrons. The van der Waals surface area contributed by atoms with E-state index in [-0.39, 0.29) is 47.3 Å². The van der Waals surface area contributed by atoms with Gasteiger partial charge in [-0.2, -0.15) is 0 Å². The summed E-state index contributed by atoms with van der Waals surface area (Å²) in [6, 6.07) is 11.6. The van der Waals surface area contributed by atoms with Crippen LogP contribution in [0.1, 0.15) is 74.2 Å². The van der Waals surface area contributed by atoms with Crippen LogP contribution >= 0.6 is 0 Å². The summed E-state index contributed by atoms with van der Waals surface area (Å²) in [5.41, 5.74) is 1.13. The van der Waals surface area contributed by atoms with Gasteiger partial charge in [-0.3, -0.25) is 9.59 Å². The normalized spacial score (nSPS) is 20.6. The van der Waals surface area contributed by atoms with E-state index in [9.17, 15) is 14.4 Å². The third-order valence-corrected chi connectivity index (χ3v) is 7.43. The molecule has 0 unspecified atom stereocenters. The van der Waals surface area contributed by atoms with Gasteiger partial charge in [0.15, 0.2) is 11.6 Å². The summed E-state index contributed by atoms with van der Waals surface area (Å²) in [6.07, 6.45) is 5.14. The minimum absolute atomic E-state index is 0.0800. The molecule has 2 saturated carbocycles. The van der Waals surface area contributed by atoms with Crippen molar-refractivity contribution in [1.29, 1.82) is 0 Å². The standard InChI is InChI=1S/C29H34FNO5/c1-19-8-10-21(11-9-19)28(33)31(22-12-14-23(32)15-13-22)26-17-25(30)27(16-24(26)29(34)35-2)36-18-20-6-4-3-5-7-20/h3-7,16-17,19,21-22H,8-15,18H2,1-2H3. The van der Waals surface area contributed by atoms with E-state index in [1.54, 1.807) is 4.90 Å². The first-order valence-electron chi connectivity index (χ1n) is 12.8. The lowest BCUT2D eigenvalue weighted by atomic mass is 9.81. The van der Waals surface area contributed by atoms with Crippen LogP contribution in [-0.4, -0.2) is 30.8 Å². The quantitative estimate of drug-likeness (QED) is 0.450. The minimum Gasteiger partial charge on any atom is -0.486 e. The van der Waals surface area contributed by atoms with Crippen LogP contribution in [0.15, 0.2) is 42.5 Å². The second-order valence-corrected chi connectivity index (χ2v) is 10.0. The van der Waals surface area contributed by atoms with E-state index < -0.39 is 11.8 Å². The molecule has 2 aliphatic rings. The SMILES string of the molecule is COC(=O)c1cc(OCc2ccccc2)c(F)cc1N(C(=O)C1CCC(C)CC1)C1CCC(=O)CC1. The molecule has 36 heavy (non-hydrogen) atoms. The number of amides is 1. The molecular formula is C29H34FNO5. The van der Waals surface area contributed by atoms with Crippen LogP contribution in [0, 0.1) is 17.7 Å². The van der Waals surface area contributed by atoms with Crippen LogP contribution in [0.4, 0.5) is 10.1 Å². The zero-order valence-electron chi connectivity index (χ0n) is 21.0. The first-order valence-corrected chi connectivity index (χ1v) is 12.8. The molecule has 2 aromatic rings. The van der Waals surface area contributed by atoms with Crippen LogP contribution in [0.5, 0.6) is 5.75 Å². The first kappa shape index (κ1) is 25.9. The molecule has 2 aromatic carbocycles. The zero-order valence-corrected chi connectivity index (χ0v) is 21.0. The average molecular weight is 496 g/mol. The fourth-order valence-electron chi connectivity index (χ4n) is 5.24. The predicted molar refractivity (Wildman–Crippen MR) is 134 cm³/mol. The molecule has 0 aromatic heterocycles. The summed E-state index contributed by atoms with van der Waals surface area (Å²) < 4.78 is 26.1. The number of benzene rings is 2. The summed E-state index contributed by atoms with van der Waals surface area (Å²) in [5.74, 6) is -0.981. The van der Waals surface area contributed by atoms with E-state index in [2.05, 4.69) is 6.92 Å². The first-order chi connectivity index (χ1) is 17.4. The van der Waals surface area contributed by atoms with Gasteiger partial charge in [-0.25, -0.2) is 9.18 Å². The topological polar surface area (TPSA) is 72.9 Å². The van der Waals surface area contributed by atoms with Crippen molar-refractivity contribution in [1.82, 2.24) is 0 Å². The highest BCUT2D eigenvalue weighted by molar-refractivity contribution is 6.04. The summed E-state index contributed by atoms with van der Waals surface area (Å²) in [6.45, 7) is 2.31. The van der Waals surface area contributed by atoms with Crippen LogP contribution in [0.2, 0.25) is 0 Å². The highest BCUT2D eigenvalue weighted by Crippen LogP contribution is 2.38. The van der Waals surface area contributed by atoms with Crippen molar-refractivity contribution in [2.75, 3.05) is 12.0 Å². The molecule has 2 fully saturated rings. The van der Waals surface area contributed by atoms with E-state index in [0.29, 0.717) is 31.6 Å². The van der Waals surface area contributed by atoms with Crippen molar-refractivity contribution in [2.24, 2.45) is 11.8 Å². The fraction of sp³-hybridized carbons (Fsp3) is 0.483. The molecule has 1 amide bonds. The number of carbonyl (C=O) groups excluding carboxylic acids is 3. The number of halogens is 1. The molecule has 0 N–H and O–H groups in total. The van der Waals surface area contributed by atoms with Gasteiger partial charge in [-0.15, -0.1) is 0 Å². The van der Waals surface area contributed by atoms with Gasteiger partial charge in [0.1, 0.15) is 12.4 Å². The number of anilines is 1. The van der Waals surface area contributed by atoms with Gasteiger partial charge >= 0.3 is 5.97 Å². The monoisotopic (exact) mass is 495 g/mol. The van der Waals surface area contributed by atoms with Gasteiger partial charge in [-0.05, 0) is 56.1 Å². The fourth-order valence-corrected chi connectivity index (χ4v) is 5.24. The van der Waals surface area contributed by atoms with E-state index in [0.717, 1.165) is 31.2 Å². The lowest BCUT2D eigenvalue weighted by Gasteiger charge is -2.38. The highest BCUT2D eigenvalue weighted by Gasteiger charge is 2.37. The van der Waals surface area contributed by atoms with Gasteiger partial charge in [0.2, 0.25) is 5.91 Å². The number of Topliss-reactive ketones (excluding diaryl/α,β-unsaturated/α-hetero) is 1. The van der Waals surface area contributed by atoms with Gasteiger partial charge in [0, 0.05) is 30.9 Å². The molecule has 0 atom stereocenters. The van der Waals surface area contributed by atoms with Crippen molar-refractivity contribution < 1.29 is 28.2 Å². The Morgan fingerprint density at radius 3 is 2.31 bits per heavy atom. The third kappa shape index (κ3) is 5.94. The molecule has 2 aliphatic carbocycles. The number of carbonyl (C=O) groups is 3. The van der Waals surface area contributed by atoms with Crippen LogP contribution in [0.3, 0.4) is 0 Å². The lowest BCUT2D eigenvalue weighted by molar-refractivity contribution is -0.125. The Morgan fingerprint density at radius 2 is 1.67 bits per heavy atom. The number of ketones is 1. The van der Waals surface area contributed by atoms with Crippen molar-refractivity contribution in [3.63, 3.8) is 0 Å². The Bertz CT molecular complexity index is 1080. The smallest absolute Gasteiger partial charge is 0.340 e. The van der Waals surface area contributed by atoms with E-state index in [4.69, 9.17) is 9.47 Å². The van der Waals surface area contributed by atoms with E-state index >= 15 is 4.39 Å². The average Bonchev–Trinajstić information content (AvgIpc) is 2.90. The van der Waals surface area contributed by atoms with Crippen LogP contribution in [0.25, 0.3) is 0 Å². The maximum absolute atomic E-state index is 15.4. The summed E-state index contributed by atoms with van der Waals surface area (Å²) in [5, 5.41) is 0. The van der Waals surface area contributed by atoms with E-state index in [1.807, 2.05) is 30.3 Å². The number of ether oxygens (including phenoxy) is 2. The molecule has 0 saturated heterocycles. The molecule has 0 heterocycles. The van der Waals surface area contributed by atoms with Crippen LogP contribution < -0.4 is 9.64 Å². The molecule has 7 heteroatoms. The molecule has 0 spiro atoms. The number of hydrogen-bond acceptors (Lipinski definition) is 5. The number of methoxy groups -OCH3 is 1. The van der Waals surface area contributed by atoms with Crippen molar-refractivity contribution in [2.45, 2.75) is 70.9 Å². The Labute approximate surface area is 211 Å². The van der Waals surface area contributed by atoms with Crippen molar-refractivity contribution in [3.05, 3.63) is 59.4 Å². The zero-order chi connectivity index (χ0) is 25.7. The molecule has 0 bridgehead atoms. The van der Waals surface area contributed by atoms with E-state index in [1.165, 1.54) is 19.2 Å². The number of rotatable bonds is 7. The Kier molecular flexibility index (Phi) is 8.39. The van der Waals surface area contributed by atoms with Crippen LogP contribution in [-0.2, 0) is 20.9 Å². The molecular weight excluding hydrogens is 461 g/mol. The van der Waals surface area contributed by atoms with Gasteiger partial charge in [-0.1, -0.05) is 37.3 Å².